The van der Waals surface area contributed by atoms with Crippen LogP contribution in [0.15, 0.2) is 30.3 Å². The number of alkyl halides is 3. The molecule has 1 fully saturated rings. The van der Waals surface area contributed by atoms with Crippen LogP contribution < -0.4 is 5.32 Å². The van der Waals surface area contributed by atoms with Crippen molar-refractivity contribution in [2.45, 2.75) is 69.9 Å². The molecular formula is C21H24ClF3N4O. The summed E-state index contributed by atoms with van der Waals surface area (Å²) in [7, 11) is 0. The van der Waals surface area contributed by atoms with Crippen molar-refractivity contribution in [2.75, 3.05) is 5.32 Å². The zero-order valence-electron chi connectivity index (χ0n) is 16.8. The first-order chi connectivity index (χ1) is 14.1. The topological polar surface area (TPSA) is 50.2 Å². The number of anilines is 1. The van der Waals surface area contributed by atoms with Gasteiger partial charge in [-0.15, -0.1) is 0 Å². The van der Waals surface area contributed by atoms with Gasteiger partial charge in [0.15, 0.2) is 11.7 Å². The van der Waals surface area contributed by atoms with Crippen molar-refractivity contribution in [3.63, 3.8) is 0 Å². The number of nitrogens with one attached hydrogen (secondary N) is 1. The van der Waals surface area contributed by atoms with E-state index in [-0.39, 0.29) is 35.9 Å². The molecule has 5 nitrogen and oxygen atoms in total. The summed E-state index contributed by atoms with van der Waals surface area (Å²) in [6.07, 6.45) is -1.91. The standard InChI is InChI=1S/C21H24ClF3N4O/c1-12-4-3-5-13(2)28(12)20(30)17-11-19-26-16(14-6-8-15(22)9-7-14)10-18(21(23,24)25)29(19)27-17/h6-9,11-13,16,18,26H,3-5,10H2,1-2H3/t12-,13-,16+,18-/m0/s1. The number of carbonyl (C=O) groups is 1. The second kappa shape index (κ2) is 7.80. The Kier molecular flexibility index (Phi) is 5.46. The second-order valence-electron chi connectivity index (χ2n) is 8.24. The maximum atomic E-state index is 13.9. The van der Waals surface area contributed by atoms with E-state index in [0.717, 1.165) is 23.9 Å². The summed E-state index contributed by atoms with van der Waals surface area (Å²) in [5.74, 6) is -0.119. The van der Waals surface area contributed by atoms with Gasteiger partial charge in [-0.05, 0) is 50.8 Å². The molecule has 0 unspecified atom stereocenters. The van der Waals surface area contributed by atoms with E-state index >= 15 is 0 Å². The maximum absolute atomic E-state index is 13.9. The molecule has 30 heavy (non-hydrogen) atoms. The lowest BCUT2D eigenvalue weighted by Gasteiger charge is -2.38. The lowest BCUT2D eigenvalue weighted by molar-refractivity contribution is -0.173. The van der Waals surface area contributed by atoms with E-state index < -0.39 is 18.3 Å². The van der Waals surface area contributed by atoms with Crippen molar-refractivity contribution >= 4 is 23.3 Å². The van der Waals surface area contributed by atoms with Gasteiger partial charge in [0.2, 0.25) is 0 Å². The fourth-order valence-electron chi connectivity index (χ4n) is 4.55. The number of nitrogens with zero attached hydrogens (tertiary/aromatic N) is 3. The number of hydrogen-bond acceptors (Lipinski definition) is 3. The third kappa shape index (κ3) is 3.89. The minimum Gasteiger partial charge on any atom is -0.363 e. The Hall–Kier alpha value is -2.22. The Labute approximate surface area is 178 Å². The van der Waals surface area contributed by atoms with Crippen LogP contribution in [0, 0.1) is 0 Å². The molecule has 4 rings (SSSR count). The molecule has 1 aromatic carbocycles. The summed E-state index contributed by atoms with van der Waals surface area (Å²) in [4.78, 5) is 14.9. The van der Waals surface area contributed by atoms with Crippen molar-refractivity contribution in [1.82, 2.24) is 14.7 Å². The number of halogens is 4. The van der Waals surface area contributed by atoms with E-state index in [2.05, 4.69) is 10.4 Å². The molecule has 2 aromatic rings. The van der Waals surface area contributed by atoms with Crippen LogP contribution in [-0.2, 0) is 0 Å². The van der Waals surface area contributed by atoms with Crippen LogP contribution in [0.2, 0.25) is 5.02 Å². The largest absolute Gasteiger partial charge is 0.410 e. The van der Waals surface area contributed by atoms with Gasteiger partial charge in [0, 0.05) is 29.6 Å². The quantitative estimate of drug-likeness (QED) is 0.661. The monoisotopic (exact) mass is 440 g/mol. The van der Waals surface area contributed by atoms with Crippen LogP contribution >= 0.6 is 11.6 Å². The van der Waals surface area contributed by atoms with Gasteiger partial charge >= 0.3 is 6.18 Å². The number of likely N-dealkylation sites (tertiary alicyclic amines) is 1. The third-order valence-corrected chi connectivity index (χ3v) is 6.36. The predicted octanol–water partition coefficient (Wildman–Crippen LogP) is 5.60. The molecule has 2 aliphatic rings. The van der Waals surface area contributed by atoms with E-state index in [1.54, 1.807) is 29.2 Å². The zero-order valence-corrected chi connectivity index (χ0v) is 17.5. The first kappa shape index (κ1) is 21.0. The molecular weight excluding hydrogens is 417 g/mol. The molecule has 9 heteroatoms. The SMILES string of the molecule is C[C@H]1CCC[C@H](C)N1C(=O)c1cc2n(n1)[C@H](C(F)(F)F)C[C@H](c1ccc(Cl)cc1)N2. The molecule has 1 amide bonds. The molecule has 3 heterocycles. The van der Waals surface area contributed by atoms with Crippen molar-refractivity contribution in [2.24, 2.45) is 0 Å². The van der Waals surface area contributed by atoms with E-state index in [9.17, 15) is 18.0 Å². The number of amides is 1. The molecule has 0 spiro atoms. The second-order valence-corrected chi connectivity index (χ2v) is 8.68. The molecule has 162 valence electrons. The number of carbonyl (C=O) groups excluding carboxylic acids is 1. The van der Waals surface area contributed by atoms with Crippen LogP contribution in [0.25, 0.3) is 0 Å². The van der Waals surface area contributed by atoms with Crippen molar-refractivity contribution in [1.29, 1.82) is 0 Å². The molecule has 4 atom stereocenters. The number of benzene rings is 1. The highest BCUT2D eigenvalue weighted by atomic mass is 35.5. The van der Waals surface area contributed by atoms with Crippen molar-refractivity contribution in [3.8, 4) is 0 Å². The highest BCUT2D eigenvalue weighted by Gasteiger charge is 2.47. The Morgan fingerprint density at radius 1 is 1.17 bits per heavy atom. The summed E-state index contributed by atoms with van der Waals surface area (Å²) in [5.41, 5.74) is 0.747. The van der Waals surface area contributed by atoms with Gasteiger partial charge in [-0.1, -0.05) is 23.7 Å². The molecule has 2 aliphatic heterocycles. The summed E-state index contributed by atoms with van der Waals surface area (Å²) >= 11 is 5.91. The van der Waals surface area contributed by atoms with Crippen LogP contribution in [0.1, 0.15) is 67.7 Å². The normalized spacial score (nSPS) is 26.8. The van der Waals surface area contributed by atoms with Gasteiger partial charge in [-0.25, -0.2) is 4.68 Å². The van der Waals surface area contributed by atoms with Gasteiger partial charge in [-0.2, -0.15) is 18.3 Å². The number of fused-ring (bicyclic) bond motifs is 1. The van der Waals surface area contributed by atoms with E-state index in [0.29, 0.717) is 10.6 Å². The van der Waals surface area contributed by atoms with Crippen LogP contribution in [0.5, 0.6) is 0 Å². The van der Waals surface area contributed by atoms with Gasteiger partial charge in [0.25, 0.3) is 5.91 Å². The molecule has 0 bridgehead atoms. The molecule has 1 aromatic heterocycles. The highest BCUT2D eigenvalue weighted by Crippen LogP contribution is 2.44. The number of aromatic nitrogens is 2. The van der Waals surface area contributed by atoms with Gasteiger partial charge in [0.1, 0.15) is 5.82 Å². The fraction of sp³-hybridized carbons (Fsp3) is 0.524. The summed E-state index contributed by atoms with van der Waals surface area (Å²) < 4.78 is 42.5. The van der Waals surface area contributed by atoms with E-state index in [1.807, 2.05) is 13.8 Å². The lowest BCUT2D eigenvalue weighted by Crippen LogP contribution is -2.47. The summed E-state index contributed by atoms with van der Waals surface area (Å²) in [6.45, 7) is 3.94. The Bertz CT molecular complexity index is 917. The summed E-state index contributed by atoms with van der Waals surface area (Å²) in [5, 5.41) is 7.75. The Morgan fingerprint density at radius 3 is 2.40 bits per heavy atom. The van der Waals surface area contributed by atoms with Crippen LogP contribution in [-0.4, -0.2) is 38.8 Å². The maximum Gasteiger partial charge on any atom is 0.410 e. The molecule has 0 aliphatic carbocycles. The minimum absolute atomic E-state index is 0.0353. The third-order valence-electron chi connectivity index (χ3n) is 6.11. The average Bonchev–Trinajstić information content (AvgIpc) is 3.11. The summed E-state index contributed by atoms with van der Waals surface area (Å²) in [6, 6.07) is 5.87. The average molecular weight is 441 g/mol. The molecule has 1 N–H and O–H groups in total. The number of piperidine rings is 1. The Balaban J connectivity index is 1.68. The Morgan fingerprint density at radius 2 is 1.80 bits per heavy atom. The van der Waals surface area contributed by atoms with Gasteiger partial charge in [0.05, 0.1) is 6.04 Å². The fourth-order valence-corrected chi connectivity index (χ4v) is 4.67. The molecule has 1 saturated heterocycles. The lowest BCUT2D eigenvalue weighted by atomic mass is 9.97. The smallest absolute Gasteiger partial charge is 0.363 e. The van der Waals surface area contributed by atoms with Gasteiger partial charge in [-0.3, -0.25) is 4.79 Å². The minimum atomic E-state index is -4.49. The van der Waals surface area contributed by atoms with Crippen LogP contribution in [0.4, 0.5) is 19.0 Å². The zero-order chi connectivity index (χ0) is 21.6. The first-order valence-corrected chi connectivity index (χ1v) is 10.5. The first-order valence-electron chi connectivity index (χ1n) is 10.2. The van der Waals surface area contributed by atoms with Crippen LogP contribution in [0.3, 0.4) is 0 Å². The van der Waals surface area contributed by atoms with Crippen molar-refractivity contribution in [3.05, 3.63) is 46.6 Å². The highest BCUT2D eigenvalue weighted by molar-refractivity contribution is 6.30. The van der Waals surface area contributed by atoms with E-state index in [1.165, 1.54) is 6.07 Å². The predicted molar refractivity (Wildman–Crippen MR) is 109 cm³/mol. The van der Waals surface area contributed by atoms with Gasteiger partial charge < -0.3 is 10.2 Å². The number of rotatable bonds is 2. The van der Waals surface area contributed by atoms with Crippen molar-refractivity contribution < 1.29 is 18.0 Å². The molecule has 0 radical (unpaired) electrons. The van der Waals surface area contributed by atoms with E-state index in [4.69, 9.17) is 11.6 Å². The number of hydrogen-bond donors (Lipinski definition) is 1. The molecule has 0 saturated carbocycles.